The topological polar surface area (TPSA) is 108 Å². The fraction of sp³-hybridized carbons (Fsp3) is 0.730. The molecule has 1 saturated heterocycles. The lowest BCUT2D eigenvalue weighted by Crippen LogP contribution is -2.36. The zero-order valence-corrected chi connectivity index (χ0v) is 33.4. The lowest BCUT2D eigenvalue weighted by molar-refractivity contribution is -0.0272. The molecule has 1 aromatic carbocycles. The van der Waals surface area contributed by atoms with Crippen LogP contribution in [-0.2, 0) is 41.7 Å². The van der Waals surface area contributed by atoms with E-state index < -0.39 is 25.1 Å². The fourth-order valence-corrected chi connectivity index (χ4v) is 7.26. The van der Waals surface area contributed by atoms with Crippen LogP contribution in [-0.4, -0.2) is 69.0 Å². The van der Waals surface area contributed by atoms with E-state index in [1.54, 1.807) is 0 Å². The molecule has 3 N–H and O–H groups in total. The van der Waals surface area contributed by atoms with Crippen LogP contribution in [0.15, 0.2) is 42.5 Å². The van der Waals surface area contributed by atoms with Crippen molar-refractivity contribution >= 4 is 49.9 Å². The van der Waals surface area contributed by atoms with E-state index >= 15 is 0 Å². The van der Waals surface area contributed by atoms with Gasteiger partial charge in [-0.1, -0.05) is 126 Å². The summed E-state index contributed by atoms with van der Waals surface area (Å²) in [6.45, 7) is 0.586. The van der Waals surface area contributed by atoms with Crippen LogP contribution in [0.3, 0.4) is 0 Å². The smallest absolute Gasteiger partial charge is 0.431 e. The van der Waals surface area contributed by atoms with Gasteiger partial charge in [0, 0.05) is 32.1 Å². The molecule has 0 radical (unpaired) electrons. The second-order valence-electron chi connectivity index (χ2n) is 13.2. The molecule has 1 aliphatic heterocycles. The van der Waals surface area contributed by atoms with Crippen LogP contribution in [0.4, 0.5) is 4.79 Å². The molecule has 0 aliphatic carbocycles. The van der Waals surface area contributed by atoms with Gasteiger partial charge in [-0.15, -0.1) is 0 Å². The highest BCUT2D eigenvalue weighted by Gasteiger charge is 2.45. The summed E-state index contributed by atoms with van der Waals surface area (Å²) in [5.41, 5.74) is 0.858. The number of carbonyl (C=O) groups is 1. The van der Waals surface area contributed by atoms with Gasteiger partial charge in [0.2, 0.25) is 0 Å². The maximum absolute atomic E-state index is 12.2. The lowest BCUT2D eigenvalue weighted by Gasteiger charge is -2.26. The third-order valence-corrected chi connectivity index (χ3v) is 11.0. The van der Waals surface area contributed by atoms with E-state index in [0.717, 1.165) is 49.4 Å². The van der Waals surface area contributed by atoms with Crippen LogP contribution >= 0.6 is 18.9 Å². The van der Waals surface area contributed by atoms with Crippen LogP contribution < -0.4 is 10.6 Å². The van der Waals surface area contributed by atoms with Crippen molar-refractivity contribution in [1.29, 1.82) is 0 Å². The molecule has 2 rings (SSSR count). The van der Waals surface area contributed by atoms with Crippen molar-refractivity contribution in [2.75, 3.05) is 26.8 Å². The number of unbranched alkanes of at least 4 members (excludes halogenated alkanes) is 14. The standard InChI is InChI=1S/C37H64BN2O7PS2/c1-3-4-5-6-7-8-9-10-11-12-13-16-22-27-39-36(49)40-28-23-17-14-15-21-26-32-34(47-48(42,50)43-2)33(46-35(32)38)30-45-37(41)44-29-31-24-19-18-20-25-31/h15,18-21,24-25,32-35H,3-14,16-17,22-23,26-30,38H2,1-2H3,(H,42,50)(H2,39,40,49)/b21-15+/t32?,33-,34-,35-,48?/m1/s1. The Morgan fingerprint density at radius 3 is 2.08 bits per heavy atom. The normalized spacial score (nSPS) is 20.1. The summed E-state index contributed by atoms with van der Waals surface area (Å²) in [5.74, 6) is -0.107. The zero-order valence-electron chi connectivity index (χ0n) is 30.9. The molecule has 9 nitrogen and oxygen atoms in total. The summed E-state index contributed by atoms with van der Waals surface area (Å²) in [5, 5.41) is 7.40. The summed E-state index contributed by atoms with van der Waals surface area (Å²) in [6, 6.07) is 9.16. The molecule has 0 aromatic heterocycles. The first kappa shape index (κ1) is 44.6. The first-order chi connectivity index (χ1) is 24.3. The van der Waals surface area contributed by atoms with Crippen molar-refractivity contribution in [3.63, 3.8) is 0 Å². The van der Waals surface area contributed by atoms with Gasteiger partial charge >= 0.3 is 12.9 Å². The van der Waals surface area contributed by atoms with Crippen LogP contribution in [0.2, 0.25) is 0 Å². The van der Waals surface area contributed by atoms with Crippen LogP contribution in [0, 0.1) is 5.92 Å². The number of allylic oxidation sites excluding steroid dienone is 2. The van der Waals surface area contributed by atoms with Gasteiger partial charge in [0.25, 0.3) is 0 Å². The van der Waals surface area contributed by atoms with Gasteiger partial charge in [0.15, 0.2) is 5.11 Å². The Labute approximate surface area is 314 Å². The number of benzene rings is 1. The first-order valence-corrected chi connectivity index (χ1v) is 22.0. The van der Waals surface area contributed by atoms with E-state index in [2.05, 4.69) is 29.7 Å². The maximum Gasteiger partial charge on any atom is 0.508 e. The van der Waals surface area contributed by atoms with Crippen molar-refractivity contribution < 1.29 is 32.9 Å². The van der Waals surface area contributed by atoms with Gasteiger partial charge in [-0.25, -0.2) is 4.79 Å². The molecule has 0 amide bonds. The van der Waals surface area contributed by atoms with Gasteiger partial charge in [-0.3, -0.25) is 0 Å². The summed E-state index contributed by atoms with van der Waals surface area (Å²) < 4.78 is 27.5. The van der Waals surface area contributed by atoms with Crippen molar-refractivity contribution in [2.24, 2.45) is 5.92 Å². The number of ether oxygens (including phenoxy) is 3. The molecule has 2 unspecified atom stereocenters. The molecular weight excluding hydrogens is 690 g/mol. The Balaban J connectivity index is 1.55. The van der Waals surface area contributed by atoms with Crippen LogP contribution in [0.25, 0.3) is 0 Å². The molecule has 1 fully saturated rings. The van der Waals surface area contributed by atoms with E-state index in [0.29, 0.717) is 6.42 Å². The van der Waals surface area contributed by atoms with Crippen molar-refractivity contribution in [3.8, 4) is 0 Å². The molecule has 0 saturated carbocycles. The number of nitrogens with one attached hydrogen (secondary N) is 2. The van der Waals surface area contributed by atoms with Gasteiger partial charge < -0.3 is 38.8 Å². The SMILES string of the molecule is B[C@@H]1O[C@H](COC(=O)OCc2ccccc2)[C@H](OP(O)(=S)OC)C1C/C=C/CCCCNC(=S)NCCCCCCCCCCCCCCC. The highest BCUT2D eigenvalue weighted by atomic mass is 32.5. The second-order valence-corrected chi connectivity index (χ2v) is 16.5. The quantitative estimate of drug-likeness (QED) is 0.0192. The number of carbonyl (C=O) groups excluding carboxylic acids is 1. The second kappa shape index (κ2) is 28.0. The van der Waals surface area contributed by atoms with Crippen LogP contribution in [0.5, 0.6) is 0 Å². The Bertz CT molecular complexity index is 1120. The predicted octanol–water partition coefficient (Wildman–Crippen LogP) is 8.23. The minimum atomic E-state index is -3.48. The summed E-state index contributed by atoms with van der Waals surface area (Å²) in [4.78, 5) is 22.7. The van der Waals surface area contributed by atoms with E-state index in [1.165, 1.54) is 84.2 Å². The average Bonchev–Trinajstić information content (AvgIpc) is 3.40. The molecule has 1 heterocycles. The predicted molar refractivity (Wildman–Crippen MR) is 214 cm³/mol. The fourth-order valence-electron chi connectivity index (χ4n) is 6.08. The van der Waals surface area contributed by atoms with E-state index in [-0.39, 0.29) is 25.1 Å². The molecule has 50 heavy (non-hydrogen) atoms. The van der Waals surface area contributed by atoms with E-state index in [4.69, 9.17) is 47.3 Å². The molecule has 0 bridgehead atoms. The van der Waals surface area contributed by atoms with Crippen molar-refractivity contribution in [2.45, 2.75) is 141 Å². The highest BCUT2D eigenvalue weighted by molar-refractivity contribution is 8.07. The molecule has 0 spiro atoms. The Hall–Kier alpha value is -1.53. The summed E-state index contributed by atoms with van der Waals surface area (Å²) in [7, 11) is 3.26. The minimum Gasteiger partial charge on any atom is -0.431 e. The van der Waals surface area contributed by atoms with Crippen molar-refractivity contribution in [1.82, 2.24) is 10.6 Å². The Morgan fingerprint density at radius 2 is 1.48 bits per heavy atom. The molecule has 1 aromatic rings. The monoisotopic (exact) mass is 754 g/mol. The third-order valence-electron chi connectivity index (χ3n) is 9.06. The highest BCUT2D eigenvalue weighted by Crippen LogP contribution is 2.48. The minimum absolute atomic E-state index is 0.0922. The van der Waals surface area contributed by atoms with Crippen LogP contribution in [0.1, 0.15) is 122 Å². The zero-order chi connectivity index (χ0) is 36.3. The molecule has 13 heteroatoms. The average molecular weight is 755 g/mol. The number of hydrogen-bond acceptors (Lipinski definition) is 8. The number of rotatable bonds is 28. The summed E-state index contributed by atoms with van der Waals surface area (Å²) >= 11 is 10.6. The third kappa shape index (κ3) is 21.1. The first-order valence-electron chi connectivity index (χ1n) is 19.0. The van der Waals surface area contributed by atoms with Crippen molar-refractivity contribution in [3.05, 3.63) is 48.0 Å². The maximum atomic E-state index is 12.2. The molecule has 1 aliphatic rings. The molecule has 5 atom stereocenters. The van der Waals surface area contributed by atoms with E-state index in [9.17, 15) is 9.69 Å². The van der Waals surface area contributed by atoms with E-state index in [1.807, 2.05) is 38.2 Å². The lowest BCUT2D eigenvalue weighted by atomic mass is 9.82. The molecular formula is C37H64BN2O7PS2. The number of hydrogen-bond donors (Lipinski definition) is 3. The largest absolute Gasteiger partial charge is 0.508 e. The van der Waals surface area contributed by atoms with Gasteiger partial charge in [-0.2, -0.15) is 0 Å². The Kier molecular flexibility index (Phi) is 25.0. The Morgan fingerprint density at radius 1 is 0.900 bits per heavy atom. The van der Waals surface area contributed by atoms with Gasteiger partial charge in [0.1, 0.15) is 33.3 Å². The van der Waals surface area contributed by atoms with Gasteiger partial charge in [0.05, 0.1) is 0 Å². The molecule has 284 valence electrons. The van der Waals surface area contributed by atoms with Gasteiger partial charge in [-0.05, 0) is 61.7 Å². The number of thiocarbonyl (C=S) groups is 1. The summed E-state index contributed by atoms with van der Waals surface area (Å²) in [6.07, 6.45) is 23.5.